The van der Waals surface area contributed by atoms with E-state index in [-0.39, 0.29) is 12.3 Å². The summed E-state index contributed by atoms with van der Waals surface area (Å²) in [6, 6.07) is 8.28. The summed E-state index contributed by atoms with van der Waals surface area (Å²) < 4.78 is 13.5. The van der Waals surface area contributed by atoms with Crippen LogP contribution in [0.2, 0.25) is 0 Å². The number of hydrogen-bond acceptors (Lipinski definition) is 3. The van der Waals surface area contributed by atoms with Crippen LogP contribution in [0.25, 0.3) is 0 Å². The van der Waals surface area contributed by atoms with Crippen LogP contribution < -0.4 is 5.14 Å². The number of piperidine rings is 1. The molecule has 1 fully saturated rings. The van der Waals surface area contributed by atoms with Crippen molar-refractivity contribution in [1.29, 1.82) is 0 Å². The SMILES string of the molecule is CC(F)(P)CC(=O)N1CCC(c2ccc(SN)cc2)CC1. The molecule has 2 N–H and O–H groups in total. The number of halogens is 1. The van der Waals surface area contributed by atoms with Crippen molar-refractivity contribution >= 4 is 27.1 Å². The van der Waals surface area contributed by atoms with Crippen LogP contribution in [-0.2, 0) is 4.79 Å². The number of benzene rings is 1. The van der Waals surface area contributed by atoms with E-state index in [9.17, 15) is 9.18 Å². The molecule has 1 amide bonds. The van der Waals surface area contributed by atoms with Gasteiger partial charge in [0.15, 0.2) is 0 Å². The van der Waals surface area contributed by atoms with Crippen molar-refractivity contribution in [3.63, 3.8) is 0 Å². The van der Waals surface area contributed by atoms with Crippen molar-refractivity contribution in [2.75, 3.05) is 13.1 Å². The summed E-state index contributed by atoms with van der Waals surface area (Å²) in [5.41, 5.74) is 1.29. The van der Waals surface area contributed by atoms with Gasteiger partial charge in [-0.15, -0.1) is 0 Å². The number of nitrogens with two attached hydrogens (primary N) is 1. The number of carbonyl (C=O) groups is 1. The summed E-state index contributed by atoms with van der Waals surface area (Å²) >= 11 is 1.24. The van der Waals surface area contributed by atoms with Gasteiger partial charge in [0.2, 0.25) is 5.91 Å². The molecule has 0 aliphatic carbocycles. The Morgan fingerprint density at radius 3 is 2.48 bits per heavy atom. The molecular formula is C15H22FN2OPS. The van der Waals surface area contributed by atoms with E-state index < -0.39 is 5.41 Å². The van der Waals surface area contributed by atoms with Crippen LogP contribution >= 0.6 is 21.2 Å². The molecule has 0 aromatic heterocycles. The van der Waals surface area contributed by atoms with Gasteiger partial charge >= 0.3 is 0 Å². The highest BCUT2D eigenvalue weighted by atomic mass is 32.2. The Balaban J connectivity index is 1.89. The molecule has 0 radical (unpaired) electrons. The smallest absolute Gasteiger partial charge is 0.226 e. The molecule has 1 aromatic carbocycles. The lowest BCUT2D eigenvalue weighted by Gasteiger charge is -2.33. The first-order chi connectivity index (χ1) is 9.89. The first kappa shape index (κ1) is 16.7. The number of carbonyl (C=O) groups excluding carboxylic acids is 1. The van der Waals surface area contributed by atoms with Gasteiger partial charge in [0.1, 0.15) is 5.41 Å². The van der Waals surface area contributed by atoms with Crippen LogP contribution in [0, 0.1) is 0 Å². The van der Waals surface area contributed by atoms with Gasteiger partial charge in [-0.3, -0.25) is 9.93 Å². The maximum atomic E-state index is 13.5. The first-order valence-electron chi connectivity index (χ1n) is 7.11. The van der Waals surface area contributed by atoms with E-state index in [1.165, 1.54) is 24.4 Å². The highest BCUT2D eigenvalue weighted by molar-refractivity contribution is 7.97. The van der Waals surface area contributed by atoms with Crippen molar-refractivity contribution in [3.05, 3.63) is 29.8 Å². The van der Waals surface area contributed by atoms with Crippen molar-refractivity contribution < 1.29 is 9.18 Å². The molecule has 116 valence electrons. The van der Waals surface area contributed by atoms with Crippen molar-refractivity contribution in [2.24, 2.45) is 5.14 Å². The minimum Gasteiger partial charge on any atom is -0.343 e. The van der Waals surface area contributed by atoms with Crippen LogP contribution in [-0.4, -0.2) is 29.3 Å². The monoisotopic (exact) mass is 328 g/mol. The predicted molar refractivity (Wildman–Crippen MR) is 88.9 cm³/mol. The third-order valence-electron chi connectivity index (χ3n) is 3.83. The molecule has 0 spiro atoms. The Morgan fingerprint density at radius 1 is 1.43 bits per heavy atom. The van der Waals surface area contributed by atoms with Crippen LogP contribution in [0.15, 0.2) is 29.2 Å². The minimum absolute atomic E-state index is 0.0647. The zero-order chi connectivity index (χ0) is 15.5. The Morgan fingerprint density at radius 2 is 2.00 bits per heavy atom. The number of amides is 1. The molecule has 0 saturated carbocycles. The third kappa shape index (κ3) is 4.94. The standard InChI is InChI=1S/C15H22FN2OPS/c1-15(16,20)10-14(19)18-8-6-12(7-9-18)11-2-4-13(21-17)5-3-11/h2-5,12H,6-10,17,20H2,1H3. The fraction of sp³-hybridized carbons (Fsp3) is 0.533. The Bertz CT molecular complexity index is 481. The summed E-state index contributed by atoms with van der Waals surface area (Å²) in [7, 11) is 2.09. The summed E-state index contributed by atoms with van der Waals surface area (Å²) in [4.78, 5) is 14.8. The Kier molecular flexibility index (Phi) is 5.64. The van der Waals surface area contributed by atoms with Gasteiger partial charge in [0.05, 0.1) is 6.42 Å². The number of hydrogen-bond donors (Lipinski definition) is 1. The zero-order valence-corrected chi connectivity index (χ0v) is 14.2. The van der Waals surface area contributed by atoms with Crippen molar-refractivity contribution in [1.82, 2.24) is 4.90 Å². The molecule has 2 unspecified atom stereocenters. The molecule has 1 aromatic rings. The normalized spacial score (nSPS) is 19.3. The van der Waals surface area contributed by atoms with Gasteiger partial charge in [-0.2, -0.15) is 0 Å². The van der Waals surface area contributed by atoms with Gasteiger partial charge in [-0.25, -0.2) is 4.39 Å². The van der Waals surface area contributed by atoms with Crippen molar-refractivity contribution in [2.45, 2.75) is 42.4 Å². The maximum absolute atomic E-state index is 13.5. The largest absolute Gasteiger partial charge is 0.343 e. The highest BCUT2D eigenvalue weighted by Crippen LogP contribution is 2.31. The molecule has 1 saturated heterocycles. The molecule has 21 heavy (non-hydrogen) atoms. The quantitative estimate of drug-likeness (QED) is 0.681. The van der Waals surface area contributed by atoms with Crippen molar-refractivity contribution in [3.8, 4) is 0 Å². The van der Waals surface area contributed by atoms with E-state index in [4.69, 9.17) is 5.14 Å². The number of alkyl halides is 1. The van der Waals surface area contributed by atoms with Crippen LogP contribution in [0.5, 0.6) is 0 Å². The summed E-state index contributed by atoms with van der Waals surface area (Å²) in [6.45, 7) is 2.83. The molecule has 1 heterocycles. The topological polar surface area (TPSA) is 46.3 Å². The second-order valence-electron chi connectivity index (χ2n) is 5.80. The van der Waals surface area contributed by atoms with E-state index in [2.05, 4.69) is 21.4 Å². The molecule has 0 bridgehead atoms. The Labute approximate surface area is 132 Å². The van der Waals surface area contributed by atoms with E-state index in [1.54, 1.807) is 4.90 Å². The number of likely N-dealkylation sites (tertiary alicyclic amines) is 1. The molecule has 6 heteroatoms. The van der Waals surface area contributed by atoms with E-state index in [0.717, 1.165) is 17.7 Å². The highest BCUT2D eigenvalue weighted by Gasteiger charge is 2.28. The van der Waals surface area contributed by atoms with Gasteiger partial charge in [-0.1, -0.05) is 21.4 Å². The first-order valence-corrected chi connectivity index (χ1v) is 8.57. The predicted octanol–water partition coefficient (Wildman–Crippen LogP) is 3.31. The lowest BCUT2D eigenvalue weighted by Crippen LogP contribution is -2.39. The third-order valence-corrected chi connectivity index (χ3v) is 4.58. The fourth-order valence-corrected chi connectivity index (χ4v) is 3.16. The van der Waals surface area contributed by atoms with Gasteiger partial charge < -0.3 is 4.90 Å². The summed E-state index contributed by atoms with van der Waals surface area (Å²) in [5, 5.41) is 4.01. The van der Waals surface area contributed by atoms with E-state index in [0.29, 0.717) is 19.0 Å². The summed E-state index contributed by atoms with van der Waals surface area (Å²) in [5.74, 6) is 0.377. The fourth-order valence-electron chi connectivity index (χ4n) is 2.69. The van der Waals surface area contributed by atoms with E-state index >= 15 is 0 Å². The minimum atomic E-state index is -1.51. The number of nitrogens with zero attached hydrogens (tertiary/aromatic N) is 1. The lowest BCUT2D eigenvalue weighted by atomic mass is 9.89. The van der Waals surface area contributed by atoms with Gasteiger partial charge in [0, 0.05) is 18.0 Å². The average Bonchev–Trinajstić information content (AvgIpc) is 2.46. The molecule has 1 aliphatic rings. The average molecular weight is 328 g/mol. The molecule has 3 nitrogen and oxygen atoms in total. The maximum Gasteiger partial charge on any atom is 0.226 e. The molecule has 1 aliphatic heterocycles. The van der Waals surface area contributed by atoms with Crippen LogP contribution in [0.3, 0.4) is 0 Å². The summed E-state index contributed by atoms with van der Waals surface area (Å²) in [6.07, 6.45) is 1.80. The number of rotatable bonds is 4. The van der Waals surface area contributed by atoms with Gasteiger partial charge in [0.25, 0.3) is 0 Å². The lowest BCUT2D eigenvalue weighted by molar-refractivity contribution is -0.133. The van der Waals surface area contributed by atoms with Crippen LogP contribution in [0.4, 0.5) is 4.39 Å². The molecular weight excluding hydrogens is 306 g/mol. The van der Waals surface area contributed by atoms with E-state index in [1.807, 2.05) is 12.1 Å². The second kappa shape index (κ2) is 7.08. The molecule has 2 rings (SSSR count). The van der Waals surface area contributed by atoms with Crippen LogP contribution in [0.1, 0.15) is 37.7 Å². The van der Waals surface area contributed by atoms with Gasteiger partial charge in [-0.05, 0) is 55.3 Å². The Hall–Kier alpha value is -0.640. The zero-order valence-electron chi connectivity index (χ0n) is 12.2. The second-order valence-corrected chi connectivity index (χ2v) is 7.71. The molecule has 2 atom stereocenters.